The highest BCUT2D eigenvalue weighted by Gasteiger charge is 2.58. The number of hydrogen-bond acceptors (Lipinski definition) is 0. The minimum atomic E-state index is 0.244. The topological polar surface area (TPSA) is 3.01 Å². The van der Waals surface area contributed by atoms with Crippen LogP contribution < -0.4 is 0 Å². The van der Waals surface area contributed by atoms with Crippen LogP contribution in [0.2, 0.25) is 0 Å². The zero-order valence-electron chi connectivity index (χ0n) is 11.9. The maximum Gasteiger partial charge on any atom is 0.162 e. The Balaban J connectivity index is 3.28. The maximum atomic E-state index is 2.58. The van der Waals surface area contributed by atoms with E-state index in [1.54, 1.807) is 0 Å². The minimum absolute atomic E-state index is 0.244. The van der Waals surface area contributed by atoms with Crippen LogP contribution in [0.3, 0.4) is 0 Å². The van der Waals surface area contributed by atoms with Crippen LogP contribution in [-0.4, -0.2) is 22.4 Å². The normalized spacial score (nSPS) is 27.6. The molecular formula is C14H28N+. The highest BCUT2D eigenvalue weighted by Crippen LogP contribution is 2.53. The Morgan fingerprint density at radius 2 is 1.40 bits per heavy atom. The van der Waals surface area contributed by atoms with Crippen LogP contribution in [0.4, 0.5) is 0 Å². The van der Waals surface area contributed by atoms with Gasteiger partial charge >= 0.3 is 0 Å². The molecule has 0 N–H and O–H groups in total. The Morgan fingerprint density at radius 3 is 1.80 bits per heavy atom. The van der Waals surface area contributed by atoms with E-state index in [4.69, 9.17) is 0 Å². The second-order valence-electron chi connectivity index (χ2n) is 6.92. The number of nitrogens with zero attached hydrogens (tertiary/aromatic N) is 1. The van der Waals surface area contributed by atoms with Crippen molar-refractivity contribution in [1.29, 1.82) is 0 Å². The number of rotatable bonds is 0. The van der Waals surface area contributed by atoms with Gasteiger partial charge in [-0.2, -0.15) is 0 Å². The zero-order chi connectivity index (χ0) is 12.1. The van der Waals surface area contributed by atoms with E-state index in [2.05, 4.69) is 60.0 Å². The highest BCUT2D eigenvalue weighted by molar-refractivity contribution is 5.74. The van der Waals surface area contributed by atoms with E-state index in [0.29, 0.717) is 10.8 Å². The highest BCUT2D eigenvalue weighted by atomic mass is 15.1. The summed E-state index contributed by atoms with van der Waals surface area (Å²) in [5.74, 6) is 0. The SMILES string of the molecule is CC(C)=[N+]1CCC(C)(C)C(C)(C)C1(C)C. The average Bonchev–Trinajstić information content (AvgIpc) is 2.00. The fourth-order valence-electron chi connectivity index (χ4n) is 2.93. The number of hydrogen-bond donors (Lipinski definition) is 0. The van der Waals surface area contributed by atoms with Crippen molar-refractivity contribution >= 4 is 5.71 Å². The summed E-state index contributed by atoms with van der Waals surface area (Å²) in [5.41, 5.74) is 2.44. The standard InChI is InChI=1S/C14H28N/c1-11(2)15-10-9-12(3,4)13(5,6)14(15,7)8/h9-10H2,1-8H3/q+1. The number of piperidine rings is 1. The van der Waals surface area contributed by atoms with Gasteiger partial charge in [-0.1, -0.05) is 27.7 Å². The molecule has 0 amide bonds. The molecule has 1 fully saturated rings. The summed E-state index contributed by atoms with van der Waals surface area (Å²) in [7, 11) is 0. The van der Waals surface area contributed by atoms with Crippen molar-refractivity contribution < 1.29 is 4.58 Å². The Hall–Kier alpha value is -0.330. The maximum absolute atomic E-state index is 2.58. The van der Waals surface area contributed by atoms with Gasteiger partial charge in [-0.15, -0.1) is 0 Å². The van der Waals surface area contributed by atoms with Crippen molar-refractivity contribution in [3.05, 3.63) is 0 Å². The van der Waals surface area contributed by atoms with E-state index in [9.17, 15) is 0 Å². The monoisotopic (exact) mass is 210 g/mol. The first kappa shape index (κ1) is 12.7. The lowest BCUT2D eigenvalue weighted by Gasteiger charge is -2.53. The van der Waals surface area contributed by atoms with Gasteiger partial charge in [0.2, 0.25) is 0 Å². The second kappa shape index (κ2) is 3.33. The lowest BCUT2D eigenvalue weighted by Crippen LogP contribution is -2.61. The quantitative estimate of drug-likeness (QED) is 0.536. The molecule has 0 aromatic rings. The molecule has 1 aliphatic rings. The fraction of sp³-hybridized carbons (Fsp3) is 0.929. The first-order chi connectivity index (χ1) is 6.54. The van der Waals surface area contributed by atoms with E-state index < -0.39 is 0 Å². The summed E-state index contributed by atoms with van der Waals surface area (Å²) < 4.78 is 2.58. The van der Waals surface area contributed by atoms with E-state index >= 15 is 0 Å². The second-order valence-corrected chi connectivity index (χ2v) is 6.92. The van der Waals surface area contributed by atoms with Gasteiger partial charge in [0, 0.05) is 39.5 Å². The van der Waals surface area contributed by atoms with E-state index in [1.165, 1.54) is 18.7 Å². The summed E-state index contributed by atoms with van der Waals surface area (Å²) in [6, 6.07) is 0. The van der Waals surface area contributed by atoms with Gasteiger partial charge in [0.15, 0.2) is 5.54 Å². The average molecular weight is 210 g/mol. The molecule has 1 nitrogen and oxygen atoms in total. The molecule has 15 heavy (non-hydrogen) atoms. The summed E-state index contributed by atoms with van der Waals surface area (Å²) in [6.07, 6.45) is 1.29. The molecule has 1 saturated heterocycles. The van der Waals surface area contributed by atoms with Crippen LogP contribution in [-0.2, 0) is 0 Å². The third kappa shape index (κ3) is 1.64. The molecule has 0 saturated carbocycles. The molecule has 0 radical (unpaired) electrons. The Morgan fingerprint density at radius 1 is 0.933 bits per heavy atom. The molecule has 0 unspecified atom stereocenters. The molecular weight excluding hydrogens is 182 g/mol. The zero-order valence-corrected chi connectivity index (χ0v) is 11.9. The molecule has 0 bridgehead atoms. The molecule has 1 heterocycles. The molecule has 0 aromatic heterocycles. The molecule has 0 spiro atoms. The first-order valence-electron chi connectivity index (χ1n) is 6.12. The van der Waals surface area contributed by atoms with E-state index in [-0.39, 0.29) is 5.54 Å². The third-order valence-corrected chi connectivity index (χ3v) is 5.40. The van der Waals surface area contributed by atoms with Crippen LogP contribution in [0.5, 0.6) is 0 Å². The van der Waals surface area contributed by atoms with Crippen molar-refractivity contribution in [1.82, 2.24) is 0 Å². The lowest BCUT2D eigenvalue weighted by atomic mass is 9.55. The summed E-state index contributed by atoms with van der Waals surface area (Å²) in [5, 5.41) is 0. The predicted octanol–water partition coefficient (Wildman–Crippen LogP) is 3.71. The fourth-order valence-corrected chi connectivity index (χ4v) is 2.93. The van der Waals surface area contributed by atoms with Crippen LogP contribution in [0, 0.1) is 10.8 Å². The molecule has 0 aliphatic carbocycles. The molecule has 88 valence electrons. The smallest absolute Gasteiger partial charge is 0.162 e. The predicted molar refractivity (Wildman–Crippen MR) is 67.7 cm³/mol. The van der Waals surface area contributed by atoms with E-state index in [0.717, 1.165) is 0 Å². The van der Waals surface area contributed by atoms with Gasteiger partial charge in [0.25, 0.3) is 0 Å². The van der Waals surface area contributed by atoms with Gasteiger partial charge in [-0.25, -0.2) is 4.58 Å². The van der Waals surface area contributed by atoms with Gasteiger partial charge in [-0.3, -0.25) is 0 Å². The van der Waals surface area contributed by atoms with Crippen LogP contribution in [0.1, 0.15) is 61.8 Å². The van der Waals surface area contributed by atoms with Gasteiger partial charge in [0.1, 0.15) is 12.3 Å². The Kier molecular flexibility index (Phi) is 2.83. The summed E-state index contributed by atoms with van der Waals surface area (Å²) in [4.78, 5) is 0. The molecule has 1 aliphatic heterocycles. The van der Waals surface area contributed by atoms with Crippen molar-refractivity contribution in [2.24, 2.45) is 10.8 Å². The van der Waals surface area contributed by atoms with E-state index in [1.807, 2.05) is 0 Å². The third-order valence-electron chi connectivity index (χ3n) is 5.40. The molecule has 0 aromatic carbocycles. The Labute approximate surface area is 95.6 Å². The van der Waals surface area contributed by atoms with Crippen LogP contribution in [0.25, 0.3) is 0 Å². The summed E-state index contributed by atoms with van der Waals surface area (Å²) in [6.45, 7) is 20.1. The van der Waals surface area contributed by atoms with Crippen molar-refractivity contribution in [2.45, 2.75) is 67.3 Å². The minimum Gasteiger partial charge on any atom is -0.232 e. The van der Waals surface area contributed by atoms with Crippen molar-refractivity contribution in [3.63, 3.8) is 0 Å². The molecule has 0 atom stereocenters. The van der Waals surface area contributed by atoms with Gasteiger partial charge in [-0.05, 0) is 5.41 Å². The van der Waals surface area contributed by atoms with Crippen molar-refractivity contribution in [3.8, 4) is 0 Å². The molecule has 1 heteroatoms. The van der Waals surface area contributed by atoms with Gasteiger partial charge in [0.05, 0.1) is 0 Å². The Bertz CT molecular complexity index is 288. The first-order valence-corrected chi connectivity index (χ1v) is 6.12. The lowest BCUT2D eigenvalue weighted by molar-refractivity contribution is -0.641. The van der Waals surface area contributed by atoms with Crippen LogP contribution in [0.15, 0.2) is 0 Å². The van der Waals surface area contributed by atoms with Crippen molar-refractivity contribution in [2.75, 3.05) is 6.54 Å². The van der Waals surface area contributed by atoms with Crippen LogP contribution >= 0.6 is 0 Å². The summed E-state index contributed by atoms with van der Waals surface area (Å²) >= 11 is 0. The molecule has 1 rings (SSSR count). The largest absolute Gasteiger partial charge is 0.232 e. The van der Waals surface area contributed by atoms with Gasteiger partial charge < -0.3 is 0 Å².